The van der Waals surface area contributed by atoms with E-state index in [1.807, 2.05) is 33.9 Å². The van der Waals surface area contributed by atoms with Crippen molar-refractivity contribution in [3.05, 3.63) is 29.6 Å². The number of rotatable bonds is 3. The Labute approximate surface area is 119 Å². The average molecular weight is 305 g/mol. The number of pyridine rings is 1. The molecule has 114 valence electrons. The van der Waals surface area contributed by atoms with Crippen LogP contribution in [0.2, 0.25) is 18.1 Å². The van der Waals surface area contributed by atoms with Crippen LogP contribution in [-0.2, 0) is 4.43 Å². The Balaban J connectivity index is 3.17. The molecule has 0 aliphatic heterocycles. The molecular formula is C14H22F3NOSi. The number of halogens is 3. The monoisotopic (exact) mass is 305 g/mol. The average Bonchev–Trinajstić information content (AvgIpc) is 2.22. The molecule has 0 fully saturated rings. The van der Waals surface area contributed by atoms with Crippen LogP contribution in [0.5, 0.6) is 0 Å². The van der Waals surface area contributed by atoms with Crippen molar-refractivity contribution in [2.45, 2.75) is 58.1 Å². The molecule has 1 heterocycles. The van der Waals surface area contributed by atoms with Crippen molar-refractivity contribution in [2.75, 3.05) is 0 Å². The second kappa shape index (κ2) is 5.48. The largest absolute Gasteiger partial charge is 0.419 e. The molecule has 0 saturated heterocycles. The predicted molar refractivity (Wildman–Crippen MR) is 76.1 cm³/mol. The van der Waals surface area contributed by atoms with Crippen LogP contribution in [0.1, 0.15) is 38.1 Å². The summed E-state index contributed by atoms with van der Waals surface area (Å²) in [5.74, 6) is 0. The van der Waals surface area contributed by atoms with Crippen molar-refractivity contribution in [3.63, 3.8) is 0 Å². The number of hydrogen-bond donors (Lipinski definition) is 0. The maximum absolute atomic E-state index is 13.3. The predicted octanol–water partition coefficient (Wildman–Crippen LogP) is 5.02. The van der Waals surface area contributed by atoms with Crippen LogP contribution >= 0.6 is 0 Å². The van der Waals surface area contributed by atoms with E-state index in [1.165, 1.54) is 12.3 Å². The molecule has 0 saturated carbocycles. The number of alkyl halides is 3. The van der Waals surface area contributed by atoms with Gasteiger partial charge >= 0.3 is 6.18 Å². The first-order chi connectivity index (χ1) is 8.84. The van der Waals surface area contributed by atoms with Gasteiger partial charge in [-0.2, -0.15) is 13.2 Å². The van der Waals surface area contributed by atoms with Gasteiger partial charge in [-0.15, -0.1) is 0 Å². The quantitative estimate of drug-likeness (QED) is 0.732. The molecule has 0 bridgehead atoms. The van der Waals surface area contributed by atoms with E-state index < -0.39 is 20.6 Å². The zero-order valence-corrected chi connectivity index (χ0v) is 13.8. The van der Waals surface area contributed by atoms with E-state index in [9.17, 15) is 13.2 Å². The number of aryl methyl sites for hydroxylation is 1. The van der Waals surface area contributed by atoms with Gasteiger partial charge in [0.15, 0.2) is 14.4 Å². The highest BCUT2D eigenvalue weighted by molar-refractivity contribution is 6.74. The van der Waals surface area contributed by atoms with Crippen LogP contribution in [-0.4, -0.2) is 19.5 Å². The summed E-state index contributed by atoms with van der Waals surface area (Å²) in [6, 6.07) is 3.11. The minimum absolute atomic E-state index is 0.0673. The third-order valence-electron chi connectivity index (χ3n) is 3.72. The van der Waals surface area contributed by atoms with Gasteiger partial charge in [-0.1, -0.05) is 20.8 Å². The summed E-state index contributed by atoms with van der Waals surface area (Å²) >= 11 is 0. The molecule has 0 aliphatic carbocycles. The first-order valence-corrected chi connectivity index (χ1v) is 9.42. The highest BCUT2D eigenvalue weighted by atomic mass is 28.4. The molecule has 1 aromatic rings. The molecular weight excluding hydrogens is 283 g/mol. The zero-order chi connectivity index (χ0) is 15.8. The lowest BCUT2D eigenvalue weighted by molar-refractivity contribution is -0.202. The fraction of sp³-hybridized carbons (Fsp3) is 0.643. The molecule has 1 aromatic heterocycles. The van der Waals surface area contributed by atoms with E-state index in [2.05, 4.69) is 4.98 Å². The molecule has 0 aromatic carbocycles. The Morgan fingerprint density at radius 2 is 1.75 bits per heavy atom. The molecule has 0 N–H and O–H groups in total. The normalized spacial score (nSPS) is 15.2. The summed E-state index contributed by atoms with van der Waals surface area (Å²) in [6.45, 7) is 11.1. The Morgan fingerprint density at radius 3 is 2.15 bits per heavy atom. The second-order valence-electron chi connectivity index (χ2n) is 6.56. The molecule has 1 atom stereocenters. The lowest BCUT2D eigenvalue weighted by atomic mass is 10.2. The number of hydrogen-bond acceptors (Lipinski definition) is 2. The zero-order valence-electron chi connectivity index (χ0n) is 12.8. The van der Waals surface area contributed by atoms with Gasteiger partial charge in [0.1, 0.15) is 0 Å². The smallest absolute Gasteiger partial charge is 0.401 e. The van der Waals surface area contributed by atoms with E-state index >= 15 is 0 Å². The molecule has 0 spiro atoms. The Kier molecular flexibility index (Phi) is 4.71. The van der Waals surface area contributed by atoms with Crippen LogP contribution in [0, 0.1) is 6.92 Å². The van der Waals surface area contributed by atoms with Crippen LogP contribution in [0.15, 0.2) is 18.3 Å². The van der Waals surface area contributed by atoms with E-state index in [-0.39, 0.29) is 10.7 Å². The summed E-state index contributed by atoms with van der Waals surface area (Å²) in [6.07, 6.45) is -5.03. The highest BCUT2D eigenvalue weighted by Crippen LogP contribution is 2.44. The van der Waals surface area contributed by atoms with Crippen molar-refractivity contribution in [1.29, 1.82) is 0 Å². The molecule has 1 rings (SSSR count). The Morgan fingerprint density at radius 1 is 1.20 bits per heavy atom. The number of aromatic nitrogens is 1. The molecule has 20 heavy (non-hydrogen) atoms. The second-order valence-corrected chi connectivity index (χ2v) is 11.3. The van der Waals surface area contributed by atoms with Crippen LogP contribution in [0.3, 0.4) is 0 Å². The summed E-state index contributed by atoms with van der Waals surface area (Å²) in [5.41, 5.74) is 0.672. The minimum Gasteiger partial charge on any atom is -0.401 e. The van der Waals surface area contributed by atoms with E-state index in [1.54, 1.807) is 13.0 Å². The molecule has 6 heteroatoms. The topological polar surface area (TPSA) is 22.1 Å². The fourth-order valence-corrected chi connectivity index (χ4v) is 2.67. The molecule has 1 unspecified atom stereocenters. The van der Waals surface area contributed by atoms with Crippen molar-refractivity contribution < 1.29 is 17.6 Å². The van der Waals surface area contributed by atoms with E-state index in [0.29, 0.717) is 0 Å². The van der Waals surface area contributed by atoms with Crippen molar-refractivity contribution in [2.24, 2.45) is 0 Å². The minimum atomic E-state index is -4.46. The molecule has 2 nitrogen and oxygen atoms in total. The van der Waals surface area contributed by atoms with Gasteiger partial charge in [0, 0.05) is 6.20 Å². The first kappa shape index (κ1) is 17.2. The van der Waals surface area contributed by atoms with E-state index in [4.69, 9.17) is 4.43 Å². The van der Waals surface area contributed by atoms with Crippen molar-refractivity contribution >= 4 is 8.32 Å². The highest BCUT2D eigenvalue weighted by Gasteiger charge is 2.49. The van der Waals surface area contributed by atoms with Gasteiger partial charge < -0.3 is 4.43 Å². The van der Waals surface area contributed by atoms with Gasteiger partial charge in [-0.05, 0) is 42.8 Å². The SMILES string of the molecule is Cc1ccnc(C(O[Si](C)(C)C(C)(C)C)C(F)(F)F)c1. The maximum Gasteiger partial charge on any atom is 0.419 e. The number of nitrogens with zero attached hydrogens (tertiary/aromatic N) is 1. The third kappa shape index (κ3) is 4.05. The van der Waals surface area contributed by atoms with Gasteiger partial charge in [0.25, 0.3) is 0 Å². The van der Waals surface area contributed by atoms with Gasteiger partial charge in [0.05, 0.1) is 5.69 Å². The standard InChI is InChI=1S/C14H22F3NOSi/c1-10-7-8-18-11(9-10)12(14(15,16)17)19-20(5,6)13(2,3)4/h7-9,12H,1-6H3. The summed E-state index contributed by atoms with van der Waals surface area (Å²) < 4.78 is 45.5. The Hall–Kier alpha value is -0.883. The van der Waals surface area contributed by atoms with Gasteiger partial charge in [0.2, 0.25) is 0 Å². The van der Waals surface area contributed by atoms with Crippen LogP contribution in [0.25, 0.3) is 0 Å². The van der Waals surface area contributed by atoms with Crippen LogP contribution < -0.4 is 0 Å². The Bertz CT molecular complexity index is 466. The fourth-order valence-electron chi connectivity index (χ4n) is 1.47. The third-order valence-corrected chi connectivity index (χ3v) is 8.16. The molecule has 0 radical (unpaired) electrons. The van der Waals surface area contributed by atoms with Gasteiger partial charge in [-0.25, -0.2) is 0 Å². The lowest BCUT2D eigenvalue weighted by Gasteiger charge is -2.39. The summed E-state index contributed by atoms with van der Waals surface area (Å²) in [4.78, 5) is 3.85. The molecule has 0 amide bonds. The van der Waals surface area contributed by atoms with Crippen molar-refractivity contribution in [1.82, 2.24) is 4.98 Å². The molecule has 0 aliphatic rings. The van der Waals surface area contributed by atoms with Crippen LogP contribution in [0.4, 0.5) is 13.2 Å². The van der Waals surface area contributed by atoms with Gasteiger partial charge in [-0.3, -0.25) is 4.98 Å². The van der Waals surface area contributed by atoms with Crippen molar-refractivity contribution in [3.8, 4) is 0 Å². The lowest BCUT2D eigenvalue weighted by Crippen LogP contribution is -2.44. The maximum atomic E-state index is 13.3. The summed E-state index contributed by atoms with van der Waals surface area (Å²) in [7, 11) is -2.54. The van der Waals surface area contributed by atoms with E-state index in [0.717, 1.165) is 5.56 Å². The first-order valence-electron chi connectivity index (χ1n) is 6.52. The summed E-state index contributed by atoms with van der Waals surface area (Å²) in [5, 5.41) is -0.291.